The maximum atomic E-state index is 14.0. The van der Waals surface area contributed by atoms with Gasteiger partial charge in [0.15, 0.2) is 0 Å². The molecule has 2 rings (SSSR count). The Bertz CT molecular complexity index is 485. The van der Waals surface area contributed by atoms with Gasteiger partial charge in [0.2, 0.25) is 0 Å². The fourth-order valence-electron chi connectivity index (χ4n) is 2.83. The monoisotopic (exact) mass is 304 g/mol. The van der Waals surface area contributed by atoms with Crippen molar-refractivity contribution in [1.82, 2.24) is 0 Å². The van der Waals surface area contributed by atoms with E-state index in [1.807, 2.05) is 0 Å². The minimum atomic E-state index is -4.20. The summed E-state index contributed by atoms with van der Waals surface area (Å²) in [5.74, 6) is -1.75. The van der Waals surface area contributed by atoms with Gasteiger partial charge < -0.3 is 10.6 Å². The lowest BCUT2D eigenvalue weighted by molar-refractivity contribution is -0.176. The summed E-state index contributed by atoms with van der Waals surface area (Å²) in [6.07, 6.45) is -3.29. The highest BCUT2D eigenvalue weighted by Gasteiger charge is 2.42. The van der Waals surface area contributed by atoms with Crippen LogP contribution in [0.5, 0.6) is 0 Å². The van der Waals surface area contributed by atoms with Crippen LogP contribution in [0.25, 0.3) is 0 Å². The topological polar surface area (TPSA) is 29.3 Å². The van der Waals surface area contributed by atoms with Gasteiger partial charge in [-0.3, -0.25) is 0 Å². The number of benzene rings is 1. The van der Waals surface area contributed by atoms with Crippen molar-refractivity contribution in [2.24, 2.45) is 11.7 Å². The highest BCUT2D eigenvalue weighted by atomic mass is 19.4. The van der Waals surface area contributed by atoms with Crippen molar-refractivity contribution in [2.45, 2.75) is 38.4 Å². The highest BCUT2D eigenvalue weighted by molar-refractivity contribution is 5.55. The van der Waals surface area contributed by atoms with E-state index >= 15 is 0 Å². The van der Waals surface area contributed by atoms with Crippen LogP contribution in [0.1, 0.15) is 25.3 Å². The van der Waals surface area contributed by atoms with Gasteiger partial charge in [-0.1, -0.05) is 6.07 Å². The second-order valence-electron chi connectivity index (χ2n) is 5.75. The molecule has 0 aromatic heterocycles. The summed E-state index contributed by atoms with van der Waals surface area (Å²) in [6.45, 7) is 2.16. The van der Waals surface area contributed by atoms with Crippen molar-refractivity contribution in [3.63, 3.8) is 0 Å². The molecule has 1 aromatic carbocycles. The van der Waals surface area contributed by atoms with Gasteiger partial charge >= 0.3 is 6.18 Å². The maximum Gasteiger partial charge on any atom is 0.393 e. The van der Waals surface area contributed by atoms with E-state index in [-0.39, 0.29) is 19.0 Å². The molecule has 2 N–H and O–H groups in total. The third kappa shape index (κ3) is 3.87. The zero-order valence-corrected chi connectivity index (χ0v) is 12.0. The van der Waals surface area contributed by atoms with E-state index < -0.39 is 17.9 Å². The summed E-state index contributed by atoms with van der Waals surface area (Å²) in [5.41, 5.74) is 6.68. The van der Waals surface area contributed by atoms with Crippen LogP contribution in [0.2, 0.25) is 0 Å². The number of piperidine rings is 1. The molecule has 0 amide bonds. The molecular formula is C15H20F4N2. The van der Waals surface area contributed by atoms with E-state index in [1.165, 1.54) is 12.1 Å². The molecule has 1 aliphatic heterocycles. The molecule has 1 aliphatic rings. The lowest BCUT2D eigenvalue weighted by atomic mass is 9.95. The van der Waals surface area contributed by atoms with Crippen molar-refractivity contribution in [2.75, 3.05) is 18.0 Å². The largest absolute Gasteiger partial charge is 0.393 e. The van der Waals surface area contributed by atoms with Crippen LogP contribution in [-0.4, -0.2) is 25.3 Å². The first-order chi connectivity index (χ1) is 9.79. The Labute approximate surface area is 121 Å². The van der Waals surface area contributed by atoms with E-state index in [4.69, 9.17) is 5.73 Å². The van der Waals surface area contributed by atoms with Gasteiger partial charge in [0, 0.05) is 30.4 Å². The van der Waals surface area contributed by atoms with Crippen LogP contribution >= 0.6 is 0 Å². The van der Waals surface area contributed by atoms with E-state index in [1.54, 1.807) is 17.9 Å². The zero-order valence-electron chi connectivity index (χ0n) is 12.0. The average molecular weight is 304 g/mol. The van der Waals surface area contributed by atoms with E-state index in [0.717, 1.165) is 0 Å². The minimum absolute atomic E-state index is 0.112. The molecule has 1 fully saturated rings. The molecule has 0 aliphatic carbocycles. The van der Waals surface area contributed by atoms with Gasteiger partial charge in [-0.25, -0.2) is 4.39 Å². The fourth-order valence-corrected chi connectivity index (χ4v) is 2.83. The van der Waals surface area contributed by atoms with Crippen LogP contribution in [0.3, 0.4) is 0 Å². The summed E-state index contributed by atoms with van der Waals surface area (Å²) < 4.78 is 52.7. The standard InChI is InChI=1S/C15H20F4N2/c1-10(20)8-12-13(16)5-2-6-14(12)21-7-3-4-11(9-21)15(17,18)19/h2,5-6,10-11H,3-4,7-9,20H2,1H3. The summed E-state index contributed by atoms with van der Waals surface area (Å²) in [4.78, 5) is 1.64. The van der Waals surface area contributed by atoms with Crippen molar-refractivity contribution in [3.05, 3.63) is 29.6 Å². The third-order valence-electron chi connectivity index (χ3n) is 3.85. The van der Waals surface area contributed by atoms with Crippen molar-refractivity contribution < 1.29 is 17.6 Å². The van der Waals surface area contributed by atoms with Gasteiger partial charge in [0.25, 0.3) is 0 Å². The van der Waals surface area contributed by atoms with Crippen LogP contribution in [-0.2, 0) is 6.42 Å². The molecule has 118 valence electrons. The Balaban J connectivity index is 2.27. The van der Waals surface area contributed by atoms with E-state index in [9.17, 15) is 17.6 Å². The Morgan fingerprint density at radius 3 is 2.71 bits per heavy atom. The number of rotatable bonds is 3. The minimum Gasteiger partial charge on any atom is -0.371 e. The van der Waals surface area contributed by atoms with Gasteiger partial charge in [-0.05, 0) is 38.3 Å². The summed E-state index contributed by atoms with van der Waals surface area (Å²) in [7, 11) is 0. The van der Waals surface area contributed by atoms with Crippen LogP contribution in [0.15, 0.2) is 18.2 Å². The predicted octanol–water partition coefficient (Wildman–Crippen LogP) is 3.49. The molecule has 0 bridgehead atoms. The Morgan fingerprint density at radius 2 is 2.10 bits per heavy atom. The quantitative estimate of drug-likeness (QED) is 0.866. The first-order valence-electron chi connectivity index (χ1n) is 7.13. The summed E-state index contributed by atoms with van der Waals surface area (Å²) in [5, 5.41) is 0. The highest BCUT2D eigenvalue weighted by Crippen LogP contribution is 2.36. The molecule has 2 nitrogen and oxygen atoms in total. The Kier molecular flexibility index (Phi) is 4.76. The fraction of sp³-hybridized carbons (Fsp3) is 0.600. The Morgan fingerprint density at radius 1 is 1.38 bits per heavy atom. The van der Waals surface area contributed by atoms with Gasteiger partial charge in [0.1, 0.15) is 5.82 Å². The zero-order chi connectivity index (χ0) is 15.6. The maximum absolute atomic E-state index is 14.0. The second kappa shape index (κ2) is 6.22. The molecule has 21 heavy (non-hydrogen) atoms. The van der Waals surface area contributed by atoms with Gasteiger partial charge in [0.05, 0.1) is 5.92 Å². The number of nitrogens with zero attached hydrogens (tertiary/aromatic N) is 1. The number of alkyl halides is 3. The van der Waals surface area contributed by atoms with Crippen molar-refractivity contribution in [3.8, 4) is 0 Å². The summed E-state index contributed by atoms with van der Waals surface area (Å²) in [6, 6.07) is 4.29. The van der Waals surface area contributed by atoms with Crippen molar-refractivity contribution >= 4 is 5.69 Å². The van der Waals surface area contributed by atoms with Gasteiger partial charge in [-0.15, -0.1) is 0 Å². The lowest BCUT2D eigenvalue weighted by Crippen LogP contribution is -2.42. The molecule has 6 heteroatoms. The second-order valence-corrected chi connectivity index (χ2v) is 5.75. The molecule has 2 unspecified atom stereocenters. The molecular weight excluding hydrogens is 284 g/mol. The normalized spacial score (nSPS) is 21.4. The first-order valence-corrected chi connectivity index (χ1v) is 7.13. The van der Waals surface area contributed by atoms with Crippen LogP contribution in [0.4, 0.5) is 23.2 Å². The lowest BCUT2D eigenvalue weighted by Gasteiger charge is -2.36. The Hall–Kier alpha value is -1.30. The van der Waals surface area contributed by atoms with E-state index in [2.05, 4.69) is 0 Å². The number of hydrogen-bond donors (Lipinski definition) is 1. The average Bonchev–Trinajstić information content (AvgIpc) is 2.40. The number of halogens is 4. The van der Waals surface area contributed by atoms with Crippen LogP contribution in [0, 0.1) is 11.7 Å². The first kappa shape index (κ1) is 16.1. The number of nitrogens with two attached hydrogens (primary N) is 1. The number of anilines is 1. The molecule has 0 radical (unpaired) electrons. The molecule has 1 aromatic rings. The van der Waals surface area contributed by atoms with Crippen LogP contribution < -0.4 is 10.6 Å². The SMILES string of the molecule is CC(N)Cc1c(F)cccc1N1CCCC(C(F)(F)F)C1. The molecule has 1 saturated heterocycles. The smallest absolute Gasteiger partial charge is 0.371 e. The molecule has 0 saturated carbocycles. The molecule has 2 atom stereocenters. The third-order valence-corrected chi connectivity index (χ3v) is 3.85. The number of hydrogen-bond acceptors (Lipinski definition) is 2. The van der Waals surface area contributed by atoms with Crippen molar-refractivity contribution in [1.29, 1.82) is 0 Å². The predicted molar refractivity (Wildman–Crippen MR) is 74.7 cm³/mol. The summed E-state index contributed by atoms with van der Waals surface area (Å²) >= 11 is 0. The van der Waals surface area contributed by atoms with E-state index in [0.29, 0.717) is 30.6 Å². The molecule has 1 heterocycles. The molecule has 0 spiro atoms. The van der Waals surface area contributed by atoms with Gasteiger partial charge in [-0.2, -0.15) is 13.2 Å².